The first-order valence-corrected chi connectivity index (χ1v) is 9.94. The second-order valence-electron chi connectivity index (χ2n) is 7.51. The van der Waals surface area contributed by atoms with Gasteiger partial charge in [-0.25, -0.2) is 0 Å². The van der Waals surface area contributed by atoms with E-state index in [2.05, 4.69) is 11.4 Å². The normalized spacial score (nSPS) is 21.1. The highest BCUT2D eigenvalue weighted by molar-refractivity contribution is 5.86. The van der Waals surface area contributed by atoms with Crippen molar-refractivity contribution in [2.75, 3.05) is 13.7 Å². The smallest absolute Gasteiger partial charge is 0.251 e. The van der Waals surface area contributed by atoms with Gasteiger partial charge in [0.15, 0.2) is 6.10 Å². The number of hydrogen-bond donors (Lipinski definition) is 1. The molecule has 2 aromatic rings. The second-order valence-corrected chi connectivity index (χ2v) is 7.51. The van der Waals surface area contributed by atoms with E-state index in [1.54, 1.807) is 19.2 Å². The standard InChI is InChI=1S/C23H23N3O4/c1-29-19-10-6-17(7-11-19)21-22(30-14-20(27)26(21)18-8-9-18)23(28)25-13-16-4-2-15(12-24)3-5-16/h2-7,10-11,18,21-22H,8-9,13-14H2,1H3,(H,25,28)/t21-,22+/m1/s1. The Morgan fingerprint density at radius 3 is 2.50 bits per heavy atom. The van der Waals surface area contributed by atoms with Crippen LogP contribution < -0.4 is 10.1 Å². The number of hydrogen-bond acceptors (Lipinski definition) is 5. The molecular formula is C23H23N3O4. The van der Waals surface area contributed by atoms with Gasteiger partial charge >= 0.3 is 0 Å². The molecule has 0 bridgehead atoms. The molecule has 2 fully saturated rings. The molecular weight excluding hydrogens is 382 g/mol. The van der Waals surface area contributed by atoms with E-state index in [0.29, 0.717) is 17.9 Å². The molecule has 2 atom stereocenters. The topological polar surface area (TPSA) is 91.7 Å². The number of morpholine rings is 1. The Morgan fingerprint density at radius 1 is 1.20 bits per heavy atom. The minimum Gasteiger partial charge on any atom is -0.497 e. The summed E-state index contributed by atoms with van der Waals surface area (Å²) in [7, 11) is 1.60. The molecule has 0 aromatic heterocycles. The van der Waals surface area contributed by atoms with E-state index in [9.17, 15) is 9.59 Å². The molecule has 1 heterocycles. The number of ether oxygens (including phenoxy) is 2. The lowest BCUT2D eigenvalue weighted by molar-refractivity contribution is -0.165. The van der Waals surface area contributed by atoms with Crippen LogP contribution in [-0.2, 0) is 20.9 Å². The number of rotatable bonds is 6. The predicted octanol–water partition coefficient (Wildman–Crippen LogP) is 2.31. The van der Waals surface area contributed by atoms with Crippen LogP contribution in [0.25, 0.3) is 0 Å². The van der Waals surface area contributed by atoms with Crippen LogP contribution in [0, 0.1) is 11.3 Å². The fraction of sp³-hybridized carbons (Fsp3) is 0.348. The molecule has 1 aliphatic heterocycles. The van der Waals surface area contributed by atoms with Gasteiger partial charge in [0.05, 0.1) is 24.8 Å². The van der Waals surface area contributed by atoms with Crippen molar-refractivity contribution in [1.29, 1.82) is 5.26 Å². The number of amides is 2. The van der Waals surface area contributed by atoms with Crippen LogP contribution in [0.5, 0.6) is 5.75 Å². The summed E-state index contributed by atoms with van der Waals surface area (Å²) in [6.45, 7) is 0.217. The number of carbonyl (C=O) groups excluding carboxylic acids is 2. The summed E-state index contributed by atoms with van der Waals surface area (Å²) >= 11 is 0. The quantitative estimate of drug-likeness (QED) is 0.796. The average molecular weight is 405 g/mol. The predicted molar refractivity (Wildman–Crippen MR) is 108 cm³/mol. The van der Waals surface area contributed by atoms with E-state index in [4.69, 9.17) is 14.7 Å². The van der Waals surface area contributed by atoms with Crippen molar-refractivity contribution in [3.8, 4) is 11.8 Å². The summed E-state index contributed by atoms with van der Waals surface area (Å²) in [6.07, 6.45) is 1.09. The lowest BCUT2D eigenvalue weighted by Crippen LogP contribution is -2.55. The Kier molecular flexibility index (Phi) is 5.68. The maximum Gasteiger partial charge on any atom is 0.251 e. The van der Waals surface area contributed by atoms with Crippen LogP contribution in [0.3, 0.4) is 0 Å². The van der Waals surface area contributed by atoms with Crippen LogP contribution in [0.1, 0.15) is 35.6 Å². The first kappa shape index (κ1) is 19.9. The molecule has 2 amide bonds. The van der Waals surface area contributed by atoms with Crippen LogP contribution in [-0.4, -0.2) is 42.6 Å². The Labute approximate surface area is 175 Å². The van der Waals surface area contributed by atoms with E-state index >= 15 is 0 Å². The van der Waals surface area contributed by atoms with Gasteiger partial charge < -0.3 is 19.7 Å². The minimum atomic E-state index is -0.796. The average Bonchev–Trinajstić information content (AvgIpc) is 3.62. The zero-order valence-corrected chi connectivity index (χ0v) is 16.7. The van der Waals surface area contributed by atoms with E-state index in [1.165, 1.54) is 0 Å². The molecule has 2 aromatic carbocycles. The van der Waals surface area contributed by atoms with Gasteiger partial charge in [-0.1, -0.05) is 24.3 Å². The van der Waals surface area contributed by atoms with Gasteiger partial charge in [-0.3, -0.25) is 9.59 Å². The number of benzene rings is 2. The number of nitrogens with zero attached hydrogens (tertiary/aromatic N) is 2. The Hall–Kier alpha value is -3.37. The lowest BCUT2D eigenvalue weighted by atomic mass is 9.96. The Morgan fingerprint density at radius 2 is 1.90 bits per heavy atom. The van der Waals surface area contributed by atoms with Crippen LogP contribution in [0.2, 0.25) is 0 Å². The highest BCUT2D eigenvalue weighted by Crippen LogP contribution is 2.39. The first-order valence-electron chi connectivity index (χ1n) is 9.94. The molecule has 1 N–H and O–H groups in total. The van der Waals surface area contributed by atoms with E-state index in [0.717, 1.165) is 24.0 Å². The summed E-state index contributed by atoms with van der Waals surface area (Å²) in [4.78, 5) is 27.5. The molecule has 0 radical (unpaired) electrons. The summed E-state index contributed by atoms with van der Waals surface area (Å²) in [6, 6.07) is 16.2. The number of nitrogens with one attached hydrogen (secondary N) is 1. The van der Waals surface area contributed by atoms with Crippen LogP contribution in [0.4, 0.5) is 0 Å². The van der Waals surface area contributed by atoms with Crippen molar-refractivity contribution in [1.82, 2.24) is 10.2 Å². The van der Waals surface area contributed by atoms with Crippen molar-refractivity contribution in [2.45, 2.75) is 37.6 Å². The van der Waals surface area contributed by atoms with Gasteiger partial charge in [-0.15, -0.1) is 0 Å². The van der Waals surface area contributed by atoms with E-state index in [-0.39, 0.29) is 24.5 Å². The van der Waals surface area contributed by atoms with Gasteiger partial charge in [0, 0.05) is 12.6 Å². The van der Waals surface area contributed by atoms with Crippen molar-refractivity contribution in [3.05, 3.63) is 65.2 Å². The molecule has 4 rings (SSSR count). The maximum atomic E-state index is 13.0. The van der Waals surface area contributed by atoms with Gasteiger partial charge in [0.1, 0.15) is 12.4 Å². The monoisotopic (exact) mass is 405 g/mol. The SMILES string of the molecule is COc1ccc([C@@H]2[C@@H](C(=O)NCc3ccc(C#N)cc3)OCC(=O)N2C2CC2)cc1. The Balaban J connectivity index is 1.54. The third-order valence-corrected chi connectivity index (χ3v) is 5.47. The summed E-state index contributed by atoms with van der Waals surface area (Å²) in [5.74, 6) is 0.356. The summed E-state index contributed by atoms with van der Waals surface area (Å²) < 4.78 is 11.0. The summed E-state index contributed by atoms with van der Waals surface area (Å²) in [5.41, 5.74) is 2.29. The van der Waals surface area contributed by atoms with Gasteiger partial charge in [-0.2, -0.15) is 5.26 Å². The van der Waals surface area contributed by atoms with Gasteiger partial charge in [-0.05, 0) is 48.2 Å². The summed E-state index contributed by atoms with van der Waals surface area (Å²) in [5, 5.41) is 11.8. The van der Waals surface area contributed by atoms with Crippen LogP contribution in [0.15, 0.2) is 48.5 Å². The third-order valence-electron chi connectivity index (χ3n) is 5.47. The van der Waals surface area contributed by atoms with Crippen molar-refractivity contribution in [3.63, 3.8) is 0 Å². The van der Waals surface area contributed by atoms with Gasteiger partial charge in [0.2, 0.25) is 5.91 Å². The van der Waals surface area contributed by atoms with Crippen molar-refractivity contribution < 1.29 is 19.1 Å². The number of nitriles is 1. The molecule has 154 valence electrons. The molecule has 1 aliphatic carbocycles. The van der Waals surface area contributed by atoms with E-state index < -0.39 is 12.1 Å². The van der Waals surface area contributed by atoms with E-state index in [1.807, 2.05) is 41.3 Å². The third kappa shape index (κ3) is 4.14. The fourth-order valence-electron chi connectivity index (χ4n) is 3.75. The maximum absolute atomic E-state index is 13.0. The molecule has 30 heavy (non-hydrogen) atoms. The molecule has 1 saturated carbocycles. The van der Waals surface area contributed by atoms with Gasteiger partial charge in [0.25, 0.3) is 5.91 Å². The van der Waals surface area contributed by atoms with Crippen LogP contribution >= 0.6 is 0 Å². The second kappa shape index (κ2) is 8.56. The zero-order valence-electron chi connectivity index (χ0n) is 16.7. The lowest BCUT2D eigenvalue weighted by Gasteiger charge is -2.40. The van der Waals surface area contributed by atoms with Crippen molar-refractivity contribution >= 4 is 11.8 Å². The highest BCUT2D eigenvalue weighted by atomic mass is 16.5. The molecule has 7 heteroatoms. The minimum absolute atomic E-state index is 0.0885. The molecule has 0 unspecified atom stereocenters. The van der Waals surface area contributed by atoms with Crippen molar-refractivity contribution in [2.24, 2.45) is 0 Å². The molecule has 1 saturated heterocycles. The molecule has 0 spiro atoms. The molecule has 2 aliphatic rings. The Bertz CT molecular complexity index is 961. The molecule has 7 nitrogen and oxygen atoms in total. The largest absolute Gasteiger partial charge is 0.497 e. The number of carbonyl (C=O) groups is 2. The first-order chi connectivity index (χ1) is 14.6. The highest BCUT2D eigenvalue weighted by Gasteiger charge is 2.47. The zero-order chi connectivity index (χ0) is 21.1. The fourth-order valence-corrected chi connectivity index (χ4v) is 3.75. The number of methoxy groups -OCH3 is 1.